The number of carbonyl (C=O) groups is 1. The Morgan fingerprint density at radius 3 is 2.45 bits per heavy atom. The second-order valence-corrected chi connectivity index (χ2v) is 9.96. The van der Waals surface area contributed by atoms with E-state index < -0.39 is 9.84 Å². The molecular formula is C20H20N4O3S2. The second kappa shape index (κ2) is 8.30. The van der Waals surface area contributed by atoms with Crippen LogP contribution in [0.1, 0.15) is 27.0 Å². The van der Waals surface area contributed by atoms with Gasteiger partial charge in [-0.2, -0.15) is 0 Å². The van der Waals surface area contributed by atoms with Gasteiger partial charge in [-0.1, -0.05) is 30.3 Å². The summed E-state index contributed by atoms with van der Waals surface area (Å²) in [6.07, 6.45) is 3.29. The number of anilines is 1. The Morgan fingerprint density at radius 2 is 1.83 bits per heavy atom. The Bertz CT molecular complexity index is 1050. The molecule has 0 aliphatic carbocycles. The quantitative estimate of drug-likeness (QED) is 0.672. The highest BCUT2D eigenvalue weighted by Crippen LogP contribution is 2.27. The molecule has 4 rings (SSSR count). The maximum Gasteiger partial charge on any atom is 0.255 e. The molecule has 150 valence electrons. The number of hydrogen-bond donors (Lipinski definition) is 1. The molecule has 0 bridgehead atoms. The number of pyridine rings is 1. The van der Waals surface area contributed by atoms with Gasteiger partial charge >= 0.3 is 0 Å². The lowest BCUT2D eigenvalue weighted by atomic mass is 10.1. The standard InChI is InChI=1S/C20H20N4O3S2/c25-20(24-9-12-29(26,27)13-10-24)16-6-7-17(22-14-16)23-18(19-21-8-11-28-19)15-4-2-1-3-5-15/h1-8,11,14,18H,9-10,12-13H2,(H,22,23). The summed E-state index contributed by atoms with van der Waals surface area (Å²) in [7, 11) is -3.02. The number of nitrogens with zero attached hydrogens (tertiary/aromatic N) is 3. The minimum atomic E-state index is -3.02. The van der Waals surface area contributed by atoms with Gasteiger partial charge in [-0.15, -0.1) is 11.3 Å². The van der Waals surface area contributed by atoms with E-state index in [4.69, 9.17) is 0 Å². The number of carbonyl (C=O) groups excluding carboxylic acids is 1. The summed E-state index contributed by atoms with van der Waals surface area (Å²) in [5.74, 6) is 0.460. The van der Waals surface area contributed by atoms with Crippen LogP contribution in [0.2, 0.25) is 0 Å². The number of nitrogens with one attached hydrogen (secondary N) is 1. The summed E-state index contributed by atoms with van der Waals surface area (Å²) in [4.78, 5) is 23.0. The molecule has 9 heteroatoms. The van der Waals surface area contributed by atoms with Crippen molar-refractivity contribution in [3.05, 3.63) is 76.4 Å². The van der Waals surface area contributed by atoms with E-state index in [1.165, 1.54) is 6.20 Å². The topological polar surface area (TPSA) is 92.3 Å². The van der Waals surface area contributed by atoms with Crippen LogP contribution in [-0.2, 0) is 9.84 Å². The monoisotopic (exact) mass is 428 g/mol. The van der Waals surface area contributed by atoms with E-state index >= 15 is 0 Å². The Hall–Kier alpha value is -2.78. The van der Waals surface area contributed by atoms with Crippen LogP contribution >= 0.6 is 11.3 Å². The average Bonchev–Trinajstić information content (AvgIpc) is 3.27. The summed E-state index contributed by atoms with van der Waals surface area (Å²) in [6.45, 7) is 0.447. The van der Waals surface area contributed by atoms with Gasteiger partial charge in [-0.3, -0.25) is 4.79 Å². The molecule has 0 radical (unpaired) electrons. The third-order valence-corrected chi connectivity index (χ3v) is 7.22. The molecule has 0 saturated carbocycles. The van der Waals surface area contributed by atoms with Crippen molar-refractivity contribution in [3.8, 4) is 0 Å². The Labute approximate surface area is 173 Å². The molecule has 1 unspecified atom stereocenters. The van der Waals surface area contributed by atoms with Gasteiger partial charge in [0.2, 0.25) is 0 Å². The second-order valence-electron chi connectivity index (χ2n) is 6.73. The van der Waals surface area contributed by atoms with Gasteiger partial charge in [-0.05, 0) is 17.7 Å². The van der Waals surface area contributed by atoms with Gasteiger partial charge < -0.3 is 10.2 Å². The average molecular weight is 429 g/mol. The lowest BCUT2D eigenvalue weighted by Gasteiger charge is -2.26. The van der Waals surface area contributed by atoms with Gasteiger partial charge in [0.1, 0.15) is 16.9 Å². The molecule has 1 atom stereocenters. The van der Waals surface area contributed by atoms with E-state index in [0.29, 0.717) is 11.4 Å². The van der Waals surface area contributed by atoms with Crippen molar-refractivity contribution in [1.82, 2.24) is 14.9 Å². The Balaban J connectivity index is 1.49. The molecule has 29 heavy (non-hydrogen) atoms. The predicted molar refractivity (Wildman–Crippen MR) is 113 cm³/mol. The van der Waals surface area contributed by atoms with E-state index in [-0.39, 0.29) is 36.5 Å². The van der Waals surface area contributed by atoms with E-state index in [1.54, 1.807) is 34.6 Å². The molecule has 1 saturated heterocycles. The molecule has 3 heterocycles. The van der Waals surface area contributed by atoms with E-state index in [9.17, 15) is 13.2 Å². The smallest absolute Gasteiger partial charge is 0.255 e. The molecule has 1 aliphatic heterocycles. The highest BCUT2D eigenvalue weighted by atomic mass is 32.2. The van der Waals surface area contributed by atoms with Crippen LogP contribution in [-0.4, -0.2) is 53.8 Å². The van der Waals surface area contributed by atoms with E-state index in [1.807, 2.05) is 35.7 Å². The van der Waals surface area contributed by atoms with E-state index in [0.717, 1.165) is 10.6 Å². The molecule has 1 amide bonds. The predicted octanol–water partition coefficient (Wildman–Crippen LogP) is 2.61. The lowest BCUT2D eigenvalue weighted by molar-refractivity contribution is 0.0770. The fourth-order valence-electron chi connectivity index (χ4n) is 3.16. The zero-order chi connectivity index (χ0) is 20.3. The first-order valence-corrected chi connectivity index (χ1v) is 11.9. The molecule has 1 aliphatic rings. The maximum atomic E-state index is 12.6. The van der Waals surface area contributed by atoms with Crippen LogP contribution in [0.4, 0.5) is 5.82 Å². The minimum Gasteiger partial charge on any atom is -0.357 e. The molecule has 0 spiro atoms. The molecule has 7 nitrogen and oxygen atoms in total. The SMILES string of the molecule is O=C(c1ccc(NC(c2ccccc2)c2nccs2)nc1)N1CCS(=O)(=O)CC1. The third kappa shape index (κ3) is 4.63. The summed E-state index contributed by atoms with van der Waals surface area (Å²) in [5, 5.41) is 6.24. The van der Waals surface area contributed by atoms with Crippen LogP contribution in [0.25, 0.3) is 0 Å². The van der Waals surface area contributed by atoms with Crippen LogP contribution in [0.3, 0.4) is 0 Å². The normalized spacial score (nSPS) is 16.9. The molecule has 2 aromatic heterocycles. The van der Waals surface area contributed by atoms with Crippen molar-refractivity contribution >= 4 is 32.9 Å². The van der Waals surface area contributed by atoms with Crippen LogP contribution in [0, 0.1) is 0 Å². The minimum absolute atomic E-state index is 0.0123. The third-order valence-electron chi connectivity index (χ3n) is 4.77. The number of benzene rings is 1. The number of hydrogen-bond acceptors (Lipinski definition) is 7. The van der Waals surface area contributed by atoms with Crippen LogP contribution in [0.15, 0.2) is 60.2 Å². The van der Waals surface area contributed by atoms with Crippen molar-refractivity contribution in [3.63, 3.8) is 0 Å². The number of sulfone groups is 1. The fraction of sp³-hybridized carbons (Fsp3) is 0.250. The first-order chi connectivity index (χ1) is 14.0. The van der Waals surface area contributed by atoms with Gasteiger partial charge in [-0.25, -0.2) is 18.4 Å². The number of amides is 1. The molecule has 1 N–H and O–H groups in total. The van der Waals surface area contributed by atoms with Gasteiger partial charge in [0.15, 0.2) is 9.84 Å². The highest BCUT2D eigenvalue weighted by molar-refractivity contribution is 7.91. The first-order valence-electron chi connectivity index (χ1n) is 9.18. The number of thiazole rings is 1. The summed E-state index contributed by atoms with van der Waals surface area (Å²) in [6, 6.07) is 13.3. The molecule has 1 fully saturated rings. The summed E-state index contributed by atoms with van der Waals surface area (Å²) in [5.41, 5.74) is 1.51. The highest BCUT2D eigenvalue weighted by Gasteiger charge is 2.26. The van der Waals surface area contributed by atoms with Crippen molar-refractivity contribution < 1.29 is 13.2 Å². The Kier molecular flexibility index (Phi) is 5.59. The van der Waals surface area contributed by atoms with Crippen LogP contribution < -0.4 is 5.32 Å². The van der Waals surface area contributed by atoms with E-state index in [2.05, 4.69) is 15.3 Å². The van der Waals surface area contributed by atoms with Gasteiger partial charge in [0.25, 0.3) is 5.91 Å². The van der Waals surface area contributed by atoms with Gasteiger partial charge in [0, 0.05) is 30.9 Å². The molecule has 1 aromatic carbocycles. The number of rotatable bonds is 5. The Morgan fingerprint density at radius 1 is 1.07 bits per heavy atom. The lowest BCUT2D eigenvalue weighted by Crippen LogP contribution is -2.43. The zero-order valence-corrected chi connectivity index (χ0v) is 17.2. The summed E-state index contributed by atoms with van der Waals surface area (Å²) >= 11 is 1.56. The van der Waals surface area contributed by atoms with Crippen molar-refractivity contribution in [1.29, 1.82) is 0 Å². The fourth-order valence-corrected chi connectivity index (χ4v) is 5.08. The maximum absolute atomic E-state index is 12.6. The van der Waals surface area contributed by atoms with Crippen LogP contribution in [0.5, 0.6) is 0 Å². The largest absolute Gasteiger partial charge is 0.357 e. The molecule has 3 aromatic rings. The zero-order valence-electron chi connectivity index (χ0n) is 15.6. The van der Waals surface area contributed by atoms with Crippen molar-refractivity contribution in [2.45, 2.75) is 6.04 Å². The van der Waals surface area contributed by atoms with Crippen molar-refractivity contribution in [2.75, 3.05) is 29.9 Å². The van der Waals surface area contributed by atoms with Gasteiger partial charge in [0.05, 0.1) is 17.1 Å². The van der Waals surface area contributed by atoms with Crippen molar-refractivity contribution in [2.24, 2.45) is 0 Å². The summed E-state index contributed by atoms with van der Waals surface area (Å²) < 4.78 is 23.1. The number of aromatic nitrogens is 2. The first kappa shape index (κ1) is 19.5. The molecular weight excluding hydrogens is 408 g/mol.